The molecule has 1 aliphatic heterocycles. The lowest BCUT2D eigenvalue weighted by molar-refractivity contribution is 0.250. The van der Waals surface area contributed by atoms with Crippen LogP contribution in [0.4, 0.5) is 10.5 Å². The lowest BCUT2D eigenvalue weighted by atomic mass is 10.0. The van der Waals surface area contributed by atoms with Crippen LogP contribution in [0.25, 0.3) is 0 Å². The van der Waals surface area contributed by atoms with Gasteiger partial charge < -0.3 is 10.6 Å². The lowest BCUT2D eigenvalue weighted by Crippen LogP contribution is -2.35. The highest BCUT2D eigenvalue weighted by molar-refractivity contribution is 5.96. The summed E-state index contributed by atoms with van der Waals surface area (Å²) in [6.07, 6.45) is 0. The van der Waals surface area contributed by atoms with Crippen molar-refractivity contribution in [3.05, 3.63) is 28.8 Å². The predicted octanol–water partition coefficient (Wildman–Crippen LogP) is 1.73. The van der Waals surface area contributed by atoms with Crippen molar-refractivity contribution >= 4 is 11.7 Å². The van der Waals surface area contributed by atoms with Gasteiger partial charge in [-0.1, -0.05) is 17.7 Å². The molecule has 1 aromatic rings. The zero-order valence-corrected chi connectivity index (χ0v) is 11.5. The van der Waals surface area contributed by atoms with Crippen molar-refractivity contribution in [2.45, 2.75) is 26.8 Å². The van der Waals surface area contributed by atoms with E-state index < -0.39 is 0 Å². The van der Waals surface area contributed by atoms with E-state index in [1.807, 2.05) is 11.9 Å². The van der Waals surface area contributed by atoms with Crippen LogP contribution < -0.4 is 15.5 Å². The average molecular weight is 247 g/mol. The highest BCUT2D eigenvalue weighted by Crippen LogP contribution is 2.28. The van der Waals surface area contributed by atoms with Gasteiger partial charge >= 0.3 is 6.03 Å². The van der Waals surface area contributed by atoms with Gasteiger partial charge in [0.2, 0.25) is 0 Å². The molecule has 18 heavy (non-hydrogen) atoms. The maximum Gasteiger partial charge on any atom is 0.322 e. The minimum Gasteiger partial charge on any atom is -0.332 e. The first-order chi connectivity index (χ1) is 8.52. The fraction of sp³-hybridized carbons (Fsp3) is 0.500. The molecule has 2 rings (SSSR count). The van der Waals surface area contributed by atoms with Gasteiger partial charge in [0.05, 0.1) is 11.7 Å². The monoisotopic (exact) mass is 247 g/mol. The van der Waals surface area contributed by atoms with E-state index in [0.29, 0.717) is 0 Å². The van der Waals surface area contributed by atoms with E-state index in [9.17, 15) is 4.79 Å². The summed E-state index contributed by atoms with van der Waals surface area (Å²) in [6, 6.07) is 4.44. The van der Waals surface area contributed by atoms with Crippen LogP contribution in [0.3, 0.4) is 0 Å². The first-order valence-electron chi connectivity index (χ1n) is 6.33. The summed E-state index contributed by atoms with van der Waals surface area (Å²) in [5.41, 5.74) is 4.61. The van der Waals surface area contributed by atoms with E-state index >= 15 is 0 Å². The second-order valence-corrected chi connectivity index (χ2v) is 5.06. The smallest absolute Gasteiger partial charge is 0.322 e. The Balaban J connectivity index is 2.30. The highest BCUT2D eigenvalue weighted by Gasteiger charge is 2.30. The summed E-state index contributed by atoms with van der Waals surface area (Å²) in [4.78, 5) is 13.9. The number of amides is 2. The number of rotatable bonds is 3. The van der Waals surface area contributed by atoms with Crippen LogP contribution in [0.15, 0.2) is 12.1 Å². The topological polar surface area (TPSA) is 44.4 Å². The van der Waals surface area contributed by atoms with E-state index in [1.54, 1.807) is 0 Å². The quantitative estimate of drug-likeness (QED) is 0.854. The van der Waals surface area contributed by atoms with Crippen molar-refractivity contribution in [2.75, 3.05) is 25.0 Å². The van der Waals surface area contributed by atoms with Gasteiger partial charge in [-0.2, -0.15) is 0 Å². The molecule has 1 saturated heterocycles. The van der Waals surface area contributed by atoms with E-state index in [-0.39, 0.29) is 12.1 Å². The number of aryl methyl sites for hydroxylation is 3. The Morgan fingerprint density at radius 2 is 1.94 bits per heavy atom. The average Bonchev–Trinajstić information content (AvgIpc) is 2.59. The summed E-state index contributed by atoms with van der Waals surface area (Å²) in [5, 5.41) is 6.10. The van der Waals surface area contributed by atoms with E-state index in [1.165, 1.54) is 5.56 Å². The van der Waals surface area contributed by atoms with E-state index in [2.05, 4.69) is 43.5 Å². The Bertz CT molecular complexity index is 447. The number of nitrogens with zero attached hydrogens (tertiary/aromatic N) is 1. The van der Waals surface area contributed by atoms with Crippen LogP contribution in [-0.2, 0) is 0 Å². The highest BCUT2D eigenvalue weighted by atomic mass is 16.2. The van der Waals surface area contributed by atoms with Gasteiger partial charge in [-0.15, -0.1) is 0 Å². The largest absolute Gasteiger partial charge is 0.332 e. The van der Waals surface area contributed by atoms with Crippen LogP contribution >= 0.6 is 0 Å². The molecule has 2 amide bonds. The molecule has 0 aliphatic carbocycles. The molecular formula is C14H21N3O. The Kier molecular flexibility index (Phi) is 3.57. The van der Waals surface area contributed by atoms with Crippen LogP contribution in [0, 0.1) is 20.8 Å². The maximum absolute atomic E-state index is 12.0. The Morgan fingerprint density at radius 3 is 2.50 bits per heavy atom. The first kappa shape index (κ1) is 12.9. The molecule has 1 aromatic carbocycles. The van der Waals surface area contributed by atoms with Crippen LogP contribution in [-0.4, -0.2) is 32.2 Å². The van der Waals surface area contributed by atoms with Crippen molar-refractivity contribution in [3.63, 3.8) is 0 Å². The number of carbonyl (C=O) groups is 1. The molecule has 0 bridgehead atoms. The van der Waals surface area contributed by atoms with Gasteiger partial charge in [0, 0.05) is 13.1 Å². The van der Waals surface area contributed by atoms with Crippen molar-refractivity contribution in [2.24, 2.45) is 0 Å². The number of nitrogens with one attached hydrogen (secondary N) is 2. The third-order valence-corrected chi connectivity index (χ3v) is 3.33. The molecule has 0 aromatic heterocycles. The van der Waals surface area contributed by atoms with Crippen LogP contribution in [0.1, 0.15) is 16.7 Å². The van der Waals surface area contributed by atoms with Crippen molar-refractivity contribution < 1.29 is 4.79 Å². The second kappa shape index (κ2) is 4.98. The van der Waals surface area contributed by atoms with Gasteiger partial charge in [-0.05, 0) is 38.9 Å². The normalized spacial score (nSPS) is 19.2. The molecule has 1 aliphatic rings. The lowest BCUT2D eigenvalue weighted by Gasteiger charge is -2.20. The molecule has 2 N–H and O–H groups in total. The second-order valence-electron chi connectivity index (χ2n) is 5.06. The number of carbonyl (C=O) groups excluding carboxylic acids is 1. The molecule has 4 nitrogen and oxygen atoms in total. The molecule has 0 spiro atoms. The number of likely N-dealkylation sites (N-methyl/N-ethyl adjacent to an activating group) is 1. The number of hydrogen-bond donors (Lipinski definition) is 2. The fourth-order valence-corrected chi connectivity index (χ4v) is 2.75. The minimum absolute atomic E-state index is 0.00491. The van der Waals surface area contributed by atoms with Crippen LogP contribution in [0.5, 0.6) is 0 Å². The maximum atomic E-state index is 12.0. The zero-order valence-electron chi connectivity index (χ0n) is 11.5. The Labute approximate surface area is 108 Å². The molecule has 1 fully saturated rings. The molecule has 1 unspecified atom stereocenters. The number of benzene rings is 1. The summed E-state index contributed by atoms with van der Waals surface area (Å²) in [7, 11) is 1.90. The number of anilines is 1. The zero-order chi connectivity index (χ0) is 13.3. The summed E-state index contributed by atoms with van der Waals surface area (Å²) < 4.78 is 0. The summed E-state index contributed by atoms with van der Waals surface area (Å²) >= 11 is 0. The fourth-order valence-electron chi connectivity index (χ4n) is 2.75. The first-order valence-corrected chi connectivity index (χ1v) is 6.33. The van der Waals surface area contributed by atoms with Gasteiger partial charge in [0.15, 0.2) is 0 Å². The van der Waals surface area contributed by atoms with Gasteiger partial charge in [-0.25, -0.2) is 4.79 Å². The van der Waals surface area contributed by atoms with E-state index in [0.717, 1.165) is 29.9 Å². The van der Waals surface area contributed by atoms with Crippen molar-refractivity contribution in [3.8, 4) is 0 Å². The Morgan fingerprint density at radius 1 is 1.33 bits per heavy atom. The summed E-state index contributed by atoms with van der Waals surface area (Å²) in [5.74, 6) is 0. The van der Waals surface area contributed by atoms with Crippen LogP contribution in [0.2, 0.25) is 0 Å². The van der Waals surface area contributed by atoms with Gasteiger partial charge in [-0.3, -0.25) is 4.90 Å². The molecular weight excluding hydrogens is 226 g/mol. The van der Waals surface area contributed by atoms with E-state index in [4.69, 9.17) is 0 Å². The number of urea groups is 1. The summed E-state index contributed by atoms with van der Waals surface area (Å²) in [6.45, 7) is 7.73. The third kappa shape index (κ3) is 2.34. The van der Waals surface area contributed by atoms with Gasteiger partial charge in [0.1, 0.15) is 0 Å². The molecule has 98 valence electrons. The van der Waals surface area contributed by atoms with Gasteiger partial charge in [0.25, 0.3) is 0 Å². The standard InChI is InChI=1S/C14H21N3O/c1-9-5-10(2)13(11(3)6-9)17-8-12(7-15-4)16-14(17)18/h5-6,12,15H,7-8H2,1-4H3,(H,16,18). The minimum atomic E-state index is 0.00491. The van der Waals surface area contributed by atoms with Crippen molar-refractivity contribution in [1.82, 2.24) is 10.6 Å². The van der Waals surface area contributed by atoms with Crippen molar-refractivity contribution in [1.29, 1.82) is 0 Å². The Hall–Kier alpha value is -1.55. The number of hydrogen-bond acceptors (Lipinski definition) is 2. The molecule has 1 atom stereocenters. The molecule has 4 heteroatoms. The molecule has 0 radical (unpaired) electrons. The molecule has 1 heterocycles. The third-order valence-electron chi connectivity index (χ3n) is 3.33. The predicted molar refractivity (Wildman–Crippen MR) is 74.2 cm³/mol. The SMILES string of the molecule is CNCC1CN(c2c(C)cc(C)cc2C)C(=O)N1. The molecule has 0 saturated carbocycles.